The predicted molar refractivity (Wildman–Crippen MR) is 70.2 cm³/mol. The Kier molecular flexibility index (Phi) is 3.28. The Bertz CT molecular complexity index is 612. The third-order valence-corrected chi connectivity index (χ3v) is 2.83. The normalized spacial score (nSPS) is 11.0. The molecule has 0 aliphatic heterocycles. The summed E-state index contributed by atoms with van der Waals surface area (Å²) in [6.45, 7) is 5.83. The molecule has 0 fully saturated rings. The van der Waals surface area contributed by atoms with Gasteiger partial charge in [0.15, 0.2) is 5.69 Å². The summed E-state index contributed by atoms with van der Waals surface area (Å²) in [5, 5.41) is 4.24. The first-order valence-electron chi connectivity index (χ1n) is 5.93. The minimum Gasteiger partial charge on any atom is -0.464 e. The van der Waals surface area contributed by atoms with Crippen LogP contribution >= 0.6 is 0 Å². The number of carbonyl (C=O) groups is 1. The van der Waals surface area contributed by atoms with E-state index in [0.717, 1.165) is 5.69 Å². The van der Waals surface area contributed by atoms with Crippen LogP contribution in [0.2, 0.25) is 0 Å². The predicted octanol–water partition coefficient (Wildman–Crippen LogP) is 1.33. The number of anilines is 1. The van der Waals surface area contributed by atoms with Crippen LogP contribution in [0, 0.1) is 6.92 Å². The number of methoxy groups -OCH3 is 1. The zero-order chi connectivity index (χ0) is 14.2. The molecule has 7 nitrogen and oxygen atoms in total. The van der Waals surface area contributed by atoms with E-state index < -0.39 is 5.97 Å². The lowest BCUT2D eigenvalue weighted by Crippen LogP contribution is -2.07. The van der Waals surface area contributed by atoms with E-state index in [9.17, 15) is 4.79 Å². The number of aromatic nitrogens is 4. The standard InChI is InChI=1S/C12H17N5O2/c1-7(2)16-6-9(5-14-16)17-8(3)15-10(11(17)13)12(18)19-4/h5-7H,13H2,1-4H3. The van der Waals surface area contributed by atoms with E-state index in [2.05, 4.69) is 14.8 Å². The fraction of sp³-hybridized carbons (Fsp3) is 0.417. The van der Waals surface area contributed by atoms with Gasteiger partial charge in [0.25, 0.3) is 0 Å². The second kappa shape index (κ2) is 4.75. The number of aryl methyl sites for hydroxylation is 1. The highest BCUT2D eigenvalue weighted by Gasteiger charge is 2.20. The van der Waals surface area contributed by atoms with Crippen molar-refractivity contribution in [1.29, 1.82) is 0 Å². The van der Waals surface area contributed by atoms with Gasteiger partial charge in [0, 0.05) is 12.2 Å². The number of hydrogen-bond donors (Lipinski definition) is 1. The molecule has 2 heterocycles. The summed E-state index contributed by atoms with van der Waals surface area (Å²) in [5.74, 6) is 0.324. The van der Waals surface area contributed by atoms with Crippen LogP contribution in [0.25, 0.3) is 5.69 Å². The zero-order valence-corrected chi connectivity index (χ0v) is 11.4. The van der Waals surface area contributed by atoms with Crippen LogP contribution in [0.3, 0.4) is 0 Å². The zero-order valence-electron chi connectivity index (χ0n) is 11.4. The van der Waals surface area contributed by atoms with Crippen molar-refractivity contribution in [3.63, 3.8) is 0 Å². The molecule has 0 atom stereocenters. The molecule has 0 radical (unpaired) electrons. The van der Waals surface area contributed by atoms with Crippen LogP contribution < -0.4 is 5.73 Å². The summed E-state index contributed by atoms with van der Waals surface area (Å²) in [5.41, 5.74) is 6.85. The first-order chi connectivity index (χ1) is 8.95. The van der Waals surface area contributed by atoms with Gasteiger partial charge in [0.1, 0.15) is 11.6 Å². The minimum atomic E-state index is -0.546. The van der Waals surface area contributed by atoms with Crippen molar-refractivity contribution in [2.75, 3.05) is 12.8 Å². The minimum absolute atomic E-state index is 0.122. The molecular weight excluding hydrogens is 246 g/mol. The third kappa shape index (κ3) is 2.18. The summed E-state index contributed by atoms with van der Waals surface area (Å²) in [6, 6.07) is 0.249. The van der Waals surface area contributed by atoms with Crippen LogP contribution in [-0.4, -0.2) is 32.4 Å². The Morgan fingerprint density at radius 2 is 2.16 bits per heavy atom. The Morgan fingerprint density at radius 1 is 1.47 bits per heavy atom. The largest absolute Gasteiger partial charge is 0.464 e. The van der Waals surface area contributed by atoms with Gasteiger partial charge in [0.05, 0.1) is 19.0 Å². The monoisotopic (exact) mass is 263 g/mol. The van der Waals surface area contributed by atoms with Gasteiger partial charge in [-0.15, -0.1) is 0 Å². The fourth-order valence-electron chi connectivity index (χ4n) is 1.85. The number of nitrogens with two attached hydrogens (primary N) is 1. The summed E-state index contributed by atoms with van der Waals surface area (Å²) in [4.78, 5) is 15.7. The molecule has 0 aliphatic rings. The van der Waals surface area contributed by atoms with E-state index in [1.165, 1.54) is 7.11 Å². The number of imidazole rings is 1. The van der Waals surface area contributed by atoms with Crippen molar-refractivity contribution in [3.8, 4) is 5.69 Å². The number of nitrogen functional groups attached to an aromatic ring is 1. The van der Waals surface area contributed by atoms with Crippen molar-refractivity contribution in [2.24, 2.45) is 0 Å². The van der Waals surface area contributed by atoms with Gasteiger partial charge < -0.3 is 10.5 Å². The summed E-state index contributed by atoms with van der Waals surface area (Å²) in [7, 11) is 1.30. The highest BCUT2D eigenvalue weighted by molar-refractivity contribution is 5.92. The molecular formula is C12H17N5O2. The van der Waals surface area contributed by atoms with Gasteiger partial charge >= 0.3 is 5.97 Å². The Labute approximate surface area is 111 Å². The molecule has 0 spiro atoms. The molecule has 19 heavy (non-hydrogen) atoms. The Hall–Kier alpha value is -2.31. The number of hydrogen-bond acceptors (Lipinski definition) is 5. The second-order valence-corrected chi connectivity index (χ2v) is 4.49. The van der Waals surface area contributed by atoms with Crippen LogP contribution in [0.15, 0.2) is 12.4 Å². The van der Waals surface area contributed by atoms with Crippen molar-refractivity contribution in [1.82, 2.24) is 19.3 Å². The quantitative estimate of drug-likeness (QED) is 0.844. The van der Waals surface area contributed by atoms with Gasteiger partial charge in [-0.2, -0.15) is 5.10 Å². The lowest BCUT2D eigenvalue weighted by molar-refractivity contribution is 0.0596. The first kappa shape index (κ1) is 13.1. The fourth-order valence-corrected chi connectivity index (χ4v) is 1.85. The highest BCUT2D eigenvalue weighted by Crippen LogP contribution is 2.21. The molecule has 0 aromatic carbocycles. The average Bonchev–Trinajstić information content (AvgIpc) is 2.93. The molecule has 0 unspecified atom stereocenters. The SMILES string of the molecule is COC(=O)c1nc(C)n(-c2cnn(C(C)C)c2)c1N. The number of ether oxygens (including phenoxy) is 1. The van der Waals surface area contributed by atoms with Gasteiger partial charge in [-0.25, -0.2) is 9.78 Å². The van der Waals surface area contributed by atoms with Gasteiger partial charge in [0.2, 0.25) is 0 Å². The lowest BCUT2D eigenvalue weighted by Gasteiger charge is -2.05. The van der Waals surface area contributed by atoms with E-state index >= 15 is 0 Å². The summed E-state index contributed by atoms with van der Waals surface area (Å²) >= 11 is 0. The molecule has 0 bridgehead atoms. The molecule has 2 rings (SSSR count). The van der Waals surface area contributed by atoms with Crippen molar-refractivity contribution in [3.05, 3.63) is 23.9 Å². The van der Waals surface area contributed by atoms with Crippen LogP contribution in [0.5, 0.6) is 0 Å². The molecule has 0 saturated carbocycles. The van der Waals surface area contributed by atoms with Crippen LogP contribution in [0.1, 0.15) is 36.2 Å². The second-order valence-electron chi connectivity index (χ2n) is 4.49. The van der Waals surface area contributed by atoms with Crippen molar-refractivity contribution in [2.45, 2.75) is 26.8 Å². The van der Waals surface area contributed by atoms with E-state index in [1.807, 2.05) is 24.7 Å². The third-order valence-electron chi connectivity index (χ3n) is 2.83. The molecule has 0 saturated heterocycles. The van der Waals surface area contributed by atoms with E-state index in [0.29, 0.717) is 5.82 Å². The molecule has 2 aromatic heterocycles. The number of nitrogens with zero attached hydrogens (tertiary/aromatic N) is 4. The van der Waals surface area contributed by atoms with Gasteiger partial charge in [-0.1, -0.05) is 0 Å². The maximum Gasteiger partial charge on any atom is 0.360 e. The van der Waals surface area contributed by atoms with Crippen molar-refractivity contribution < 1.29 is 9.53 Å². The summed E-state index contributed by atoms with van der Waals surface area (Å²) in [6.07, 6.45) is 3.54. The Balaban J connectivity index is 2.50. The molecule has 2 aromatic rings. The maximum absolute atomic E-state index is 11.5. The number of rotatable bonds is 3. The number of esters is 1. The average molecular weight is 263 g/mol. The van der Waals surface area contributed by atoms with Crippen LogP contribution in [-0.2, 0) is 4.74 Å². The lowest BCUT2D eigenvalue weighted by atomic mass is 10.4. The maximum atomic E-state index is 11.5. The van der Waals surface area contributed by atoms with Crippen LogP contribution in [0.4, 0.5) is 5.82 Å². The first-order valence-corrected chi connectivity index (χ1v) is 5.93. The molecule has 2 N–H and O–H groups in total. The smallest absolute Gasteiger partial charge is 0.360 e. The molecule has 0 amide bonds. The number of carbonyl (C=O) groups excluding carboxylic acids is 1. The molecule has 102 valence electrons. The Morgan fingerprint density at radius 3 is 2.68 bits per heavy atom. The van der Waals surface area contributed by atoms with E-state index in [4.69, 9.17) is 5.73 Å². The van der Waals surface area contributed by atoms with E-state index in [1.54, 1.807) is 17.7 Å². The van der Waals surface area contributed by atoms with Crippen molar-refractivity contribution >= 4 is 11.8 Å². The highest BCUT2D eigenvalue weighted by atomic mass is 16.5. The molecule has 0 aliphatic carbocycles. The van der Waals surface area contributed by atoms with Gasteiger partial charge in [-0.3, -0.25) is 9.25 Å². The molecule has 7 heteroatoms. The van der Waals surface area contributed by atoms with Gasteiger partial charge in [-0.05, 0) is 20.8 Å². The van der Waals surface area contributed by atoms with E-state index in [-0.39, 0.29) is 17.6 Å². The summed E-state index contributed by atoms with van der Waals surface area (Å²) < 4.78 is 8.14. The topological polar surface area (TPSA) is 88.0 Å².